The molecule has 1 aliphatic heterocycles. The first kappa shape index (κ1) is 10.9. The molecule has 1 N–H and O–H groups in total. The highest BCUT2D eigenvalue weighted by Gasteiger charge is 2.25. The maximum atomic E-state index is 5.56. The molecule has 0 bridgehead atoms. The second kappa shape index (κ2) is 4.96. The van der Waals surface area contributed by atoms with E-state index in [1.807, 2.05) is 6.20 Å². The molecule has 0 aromatic carbocycles. The Morgan fingerprint density at radius 1 is 1.33 bits per heavy atom. The van der Waals surface area contributed by atoms with Gasteiger partial charge in [0.25, 0.3) is 0 Å². The fourth-order valence-electron chi connectivity index (χ4n) is 2.23. The van der Waals surface area contributed by atoms with Crippen molar-refractivity contribution in [3.63, 3.8) is 0 Å². The summed E-state index contributed by atoms with van der Waals surface area (Å²) >= 11 is 0. The Kier molecular flexibility index (Phi) is 3.00. The van der Waals surface area contributed by atoms with Gasteiger partial charge in [0, 0.05) is 11.9 Å². The molecule has 2 aliphatic rings. The van der Waals surface area contributed by atoms with Crippen molar-refractivity contribution < 1.29 is 9.47 Å². The maximum absolute atomic E-state index is 5.56. The van der Waals surface area contributed by atoms with Crippen LogP contribution in [0.5, 0.6) is 0 Å². The first-order valence-electron chi connectivity index (χ1n) is 5.96. The Morgan fingerprint density at radius 2 is 2.33 bits per heavy atom. The summed E-state index contributed by atoms with van der Waals surface area (Å²) in [6, 6.07) is 0. The smallest absolute Gasteiger partial charge is 0.151 e. The van der Waals surface area contributed by atoms with Crippen LogP contribution >= 0.6 is 0 Å². The van der Waals surface area contributed by atoms with Gasteiger partial charge in [-0.2, -0.15) is 0 Å². The molecule has 1 unspecified atom stereocenters. The van der Waals surface area contributed by atoms with E-state index in [2.05, 4.69) is 28.2 Å². The number of rotatable bonds is 3. The van der Waals surface area contributed by atoms with Gasteiger partial charge in [-0.15, -0.1) is 0 Å². The molecule has 0 saturated heterocycles. The quantitative estimate of drug-likeness (QED) is 0.885. The van der Waals surface area contributed by atoms with Crippen molar-refractivity contribution in [2.75, 3.05) is 0 Å². The fourth-order valence-corrected chi connectivity index (χ4v) is 2.23. The Bertz CT molecular complexity index is 524. The van der Waals surface area contributed by atoms with E-state index in [0.29, 0.717) is 0 Å². The highest BCUT2D eigenvalue weighted by Crippen LogP contribution is 2.36. The summed E-state index contributed by atoms with van der Waals surface area (Å²) in [7, 11) is 0. The number of imidazole rings is 1. The molecule has 1 aromatic heterocycles. The minimum absolute atomic E-state index is 0.0439. The second-order valence-corrected chi connectivity index (χ2v) is 4.19. The third kappa shape index (κ3) is 2.09. The molecule has 0 spiro atoms. The van der Waals surface area contributed by atoms with E-state index in [9.17, 15) is 0 Å². The van der Waals surface area contributed by atoms with Crippen molar-refractivity contribution in [2.45, 2.75) is 18.8 Å². The Morgan fingerprint density at radius 3 is 3.00 bits per heavy atom. The minimum Gasteiger partial charge on any atom is -0.466 e. The summed E-state index contributed by atoms with van der Waals surface area (Å²) in [5.74, 6) is 0.825. The minimum atomic E-state index is 0.0439. The lowest BCUT2D eigenvalue weighted by Crippen LogP contribution is -2.11. The number of ether oxygens (including phenoxy) is 2. The summed E-state index contributed by atoms with van der Waals surface area (Å²) in [5, 5.41) is 0. The lowest BCUT2D eigenvalue weighted by molar-refractivity contribution is 0.241. The predicted molar refractivity (Wildman–Crippen MR) is 67.2 cm³/mol. The summed E-state index contributed by atoms with van der Waals surface area (Å²) in [6.07, 6.45) is 16.7. The van der Waals surface area contributed by atoms with Crippen molar-refractivity contribution in [2.24, 2.45) is 0 Å². The fraction of sp³-hybridized carbons (Fsp3) is 0.214. The second-order valence-electron chi connectivity index (χ2n) is 4.19. The summed E-state index contributed by atoms with van der Waals surface area (Å²) < 4.78 is 10.8. The molecule has 1 aromatic rings. The number of H-pyrrole nitrogens is 1. The Labute approximate surface area is 105 Å². The molecule has 0 saturated carbocycles. The van der Waals surface area contributed by atoms with E-state index < -0.39 is 0 Å². The normalized spacial score (nSPS) is 19.6. The SMILES string of the molecule is C1=CCCC(C(C2=COC=CO2)c2cnc[nH]2)=C1. The molecule has 2 heterocycles. The number of allylic oxidation sites excluding steroid dienone is 4. The number of nitrogens with zero attached hydrogens (tertiary/aromatic N) is 1. The molecule has 1 atom stereocenters. The highest BCUT2D eigenvalue weighted by atomic mass is 16.5. The van der Waals surface area contributed by atoms with Crippen molar-refractivity contribution in [1.29, 1.82) is 0 Å². The van der Waals surface area contributed by atoms with E-state index in [1.165, 1.54) is 11.8 Å². The van der Waals surface area contributed by atoms with E-state index in [0.717, 1.165) is 24.3 Å². The van der Waals surface area contributed by atoms with Gasteiger partial charge in [-0.25, -0.2) is 4.98 Å². The van der Waals surface area contributed by atoms with Crippen molar-refractivity contribution in [3.05, 3.63) is 66.6 Å². The standard InChI is InChI=1S/C14H14N2O2/c1-2-4-11(5-3-1)14(12-8-15-10-16-12)13-9-17-6-7-18-13/h1-2,4,6-10,14H,3,5H2,(H,15,16). The molecule has 4 nitrogen and oxygen atoms in total. The zero-order valence-electron chi connectivity index (χ0n) is 9.87. The molecular formula is C14H14N2O2. The zero-order chi connectivity index (χ0) is 12.2. The number of hydrogen-bond donors (Lipinski definition) is 1. The molecule has 0 radical (unpaired) electrons. The molecule has 3 rings (SSSR count). The van der Waals surface area contributed by atoms with Crippen LogP contribution in [-0.4, -0.2) is 9.97 Å². The predicted octanol–water partition coefficient (Wildman–Crippen LogP) is 3.13. The summed E-state index contributed by atoms with van der Waals surface area (Å²) in [4.78, 5) is 7.25. The lowest BCUT2D eigenvalue weighted by atomic mass is 9.88. The van der Waals surface area contributed by atoms with Crippen LogP contribution < -0.4 is 0 Å². The van der Waals surface area contributed by atoms with Crippen molar-refractivity contribution in [1.82, 2.24) is 9.97 Å². The Hall–Kier alpha value is -2.23. The number of aromatic amines is 1. The molecule has 18 heavy (non-hydrogen) atoms. The molecule has 0 fully saturated rings. The third-order valence-corrected chi connectivity index (χ3v) is 3.05. The lowest BCUT2D eigenvalue weighted by Gasteiger charge is -2.23. The Balaban J connectivity index is 1.96. The molecule has 1 aliphatic carbocycles. The molecule has 0 amide bonds. The average Bonchev–Trinajstić information content (AvgIpc) is 2.95. The molecule has 92 valence electrons. The van der Waals surface area contributed by atoms with E-state index in [4.69, 9.17) is 9.47 Å². The highest BCUT2D eigenvalue weighted by molar-refractivity contribution is 5.35. The molecular weight excluding hydrogens is 228 g/mol. The van der Waals surface area contributed by atoms with Gasteiger partial charge < -0.3 is 14.5 Å². The van der Waals surface area contributed by atoms with Gasteiger partial charge in [-0.1, -0.05) is 23.8 Å². The van der Waals surface area contributed by atoms with Gasteiger partial charge in [-0.3, -0.25) is 0 Å². The molecule has 4 heteroatoms. The number of hydrogen-bond acceptors (Lipinski definition) is 3. The van der Waals surface area contributed by atoms with Crippen LogP contribution in [0.25, 0.3) is 0 Å². The van der Waals surface area contributed by atoms with Gasteiger partial charge in [0.2, 0.25) is 0 Å². The van der Waals surface area contributed by atoms with E-state index >= 15 is 0 Å². The van der Waals surface area contributed by atoms with Crippen LogP contribution in [0.1, 0.15) is 24.5 Å². The number of aromatic nitrogens is 2. The topological polar surface area (TPSA) is 47.1 Å². The average molecular weight is 242 g/mol. The van der Waals surface area contributed by atoms with Crippen LogP contribution in [0.2, 0.25) is 0 Å². The van der Waals surface area contributed by atoms with Crippen LogP contribution in [0.3, 0.4) is 0 Å². The summed E-state index contributed by atoms with van der Waals surface area (Å²) in [5.41, 5.74) is 2.31. The van der Waals surface area contributed by atoms with Crippen molar-refractivity contribution in [3.8, 4) is 0 Å². The van der Waals surface area contributed by atoms with Crippen LogP contribution in [0, 0.1) is 0 Å². The van der Waals surface area contributed by atoms with Gasteiger partial charge in [0.1, 0.15) is 18.8 Å². The van der Waals surface area contributed by atoms with Crippen molar-refractivity contribution >= 4 is 0 Å². The maximum Gasteiger partial charge on any atom is 0.151 e. The summed E-state index contributed by atoms with van der Waals surface area (Å²) in [6.45, 7) is 0. The van der Waals surface area contributed by atoms with E-state index in [1.54, 1.807) is 18.9 Å². The van der Waals surface area contributed by atoms with Gasteiger partial charge in [0.05, 0.1) is 12.2 Å². The van der Waals surface area contributed by atoms with Crippen LogP contribution in [-0.2, 0) is 9.47 Å². The van der Waals surface area contributed by atoms with Gasteiger partial charge >= 0.3 is 0 Å². The largest absolute Gasteiger partial charge is 0.466 e. The van der Waals surface area contributed by atoms with Gasteiger partial charge in [-0.05, 0) is 12.8 Å². The first-order valence-corrected chi connectivity index (χ1v) is 5.96. The van der Waals surface area contributed by atoms with Gasteiger partial charge in [0.15, 0.2) is 5.76 Å². The van der Waals surface area contributed by atoms with E-state index in [-0.39, 0.29) is 5.92 Å². The zero-order valence-corrected chi connectivity index (χ0v) is 9.87. The van der Waals surface area contributed by atoms with Crippen LogP contribution in [0.4, 0.5) is 0 Å². The first-order chi connectivity index (χ1) is 8.95. The third-order valence-electron chi connectivity index (χ3n) is 3.05. The monoisotopic (exact) mass is 242 g/mol. The number of nitrogens with one attached hydrogen (secondary N) is 1. The van der Waals surface area contributed by atoms with Crippen LogP contribution in [0.15, 0.2) is 60.9 Å².